The van der Waals surface area contributed by atoms with Gasteiger partial charge >= 0.3 is 0 Å². The van der Waals surface area contributed by atoms with E-state index in [0.717, 1.165) is 24.3 Å². The topological polar surface area (TPSA) is 78.5 Å². The van der Waals surface area contributed by atoms with Crippen molar-refractivity contribution in [1.29, 1.82) is 0 Å². The average molecular weight is 287 g/mol. The Morgan fingerprint density at radius 2 is 2.05 bits per heavy atom. The number of amides is 3. The maximum Gasteiger partial charge on any atom is 0.242 e. The van der Waals surface area contributed by atoms with Crippen LogP contribution in [0, 0.1) is 0 Å². The van der Waals surface area contributed by atoms with Crippen LogP contribution in [-0.4, -0.2) is 54.6 Å². The van der Waals surface area contributed by atoms with Crippen molar-refractivity contribution in [2.75, 3.05) is 26.7 Å². The van der Waals surface area contributed by atoms with Gasteiger partial charge in [0, 0.05) is 25.9 Å². The minimum atomic E-state index is -0.544. The van der Waals surface area contributed by atoms with E-state index in [-0.39, 0.29) is 37.1 Å². The minimum absolute atomic E-state index is 0.132. The minimum Gasteiger partial charge on any atom is -0.356 e. The number of rotatable bonds is 8. The molecule has 1 fully saturated rings. The van der Waals surface area contributed by atoms with Crippen LogP contribution in [-0.2, 0) is 14.4 Å². The molecule has 1 aliphatic heterocycles. The summed E-state index contributed by atoms with van der Waals surface area (Å²) < 4.78 is 0. The lowest BCUT2D eigenvalue weighted by Crippen LogP contribution is -2.35. The zero-order chi connectivity index (χ0) is 14.3. The molecular formula is C12H21N3O3S. The monoisotopic (exact) mass is 287 g/mol. The first-order chi connectivity index (χ1) is 9.06. The van der Waals surface area contributed by atoms with Crippen molar-refractivity contribution >= 4 is 30.4 Å². The van der Waals surface area contributed by atoms with Crippen molar-refractivity contribution in [1.82, 2.24) is 15.5 Å². The Labute approximate surface area is 118 Å². The van der Waals surface area contributed by atoms with Gasteiger partial charge in [-0.05, 0) is 26.4 Å². The molecule has 1 atom stereocenters. The first kappa shape index (κ1) is 16.0. The van der Waals surface area contributed by atoms with Crippen LogP contribution < -0.4 is 10.6 Å². The number of unbranched alkanes of at least 4 members (excludes halogenated alkanes) is 1. The number of nitrogens with zero attached hydrogens (tertiary/aromatic N) is 1. The molecular weight excluding hydrogens is 266 g/mol. The zero-order valence-corrected chi connectivity index (χ0v) is 12.0. The number of likely N-dealkylation sites (tertiary alicyclic amines) is 1. The van der Waals surface area contributed by atoms with E-state index in [1.54, 1.807) is 0 Å². The summed E-state index contributed by atoms with van der Waals surface area (Å²) in [6, 6.07) is 0. The molecule has 0 aromatic heterocycles. The van der Waals surface area contributed by atoms with Gasteiger partial charge in [-0.3, -0.25) is 19.3 Å². The highest BCUT2D eigenvalue weighted by molar-refractivity contribution is 7.81. The third-order valence-corrected chi connectivity index (χ3v) is 3.36. The van der Waals surface area contributed by atoms with Gasteiger partial charge in [-0.2, -0.15) is 12.6 Å². The molecule has 1 aliphatic rings. The van der Waals surface area contributed by atoms with Crippen LogP contribution >= 0.6 is 12.6 Å². The highest BCUT2D eigenvalue weighted by Gasteiger charge is 2.36. The molecule has 0 spiro atoms. The predicted molar refractivity (Wildman–Crippen MR) is 74.9 cm³/mol. The largest absolute Gasteiger partial charge is 0.356 e. The van der Waals surface area contributed by atoms with Gasteiger partial charge in [-0.25, -0.2) is 0 Å². The Morgan fingerprint density at radius 1 is 1.37 bits per heavy atom. The van der Waals surface area contributed by atoms with Crippen LogP contribution in [0.15, 0.2) is 0 Å². The SMILES string of the molecule is CNCCCCNC(=O)CCN1C(=O)CC(S)C1=O. The highest BCUT2D eigenvalue weighted by Crippen LogP contribution is 2.17. The molecule has 6 nitrogen and oxygen atoms in total. The van der Waals surface area contributed by atoms with Gasteiger partial charge in [0.15, 0.2) is 0 Å². The van der Waals surface area contributed by atoms with Crippen molar-refractivity contribution in [2.45, 2.75) is 30.9 Å². The van der Waals surface area contributed by atoms with Gasteiger partial charge in [0.05, 0.1) is 5.25 Å². The first-order valence-electron chi connectivity index (χ1n) is 6.50. The molecule has 1 heterocycles. The molecule has 108 valence electrons. The van der Waals surface area contributed by atoms with Gasteiger partial charge < -0.3 is 10.6 Å². The third-order valence-electron chi connectivity index (χ3n) is 2.96. The van der Waals surface area contributed by atoms with Crippen LogP contribution in [0.5, 0.6) is 0 Å². The number of thiol groups is 1. The van der Waals surface area contributed by atoms with Crippen LogP contribution in [0.1, 0.15) is 25.7 Å². The smallest absolute Gasteiger partial charge is 0.242 e. The summed E-state index contributed by atoms with van der Waals surface area (Å²) in [7, 11) is 1.89. The van der Waals surface area contributed by atoms with Crippen LogP contribution in [0.3, 0.4) is 0 Å². The number of carbonyl (C=O) groups is 3. The van der Waals surface area contributed by atoms with E-state index in [0.29, 0.717) is 6.54 Å². The molecule has 0 bridgehead atoms. The molecule has 1 unspecified atom stereocenters. The van der Waals surface area contributed by atoms with E-state index in [4.69, 9.17) is 0 Å². The second-order valence-corrected chi connectivity index (χ2v) is 5.14. The molecule has 0 radical (unpaired) electrons. The Balaban J connectivity index is 2.16. The standard InChI is InChI=1S/C12H21N3O3S/c1-13-5-2-3-6-14-10(16)4-7-15-11(17)8-9(19)12(15)18/h9,13,19H,2-8H2,1H3,(H,14,16). The number of imide groups is 1. The lowest BCUT2D eigenvalue weighted by Gasteiger charge is -2.13. The second kappa shape index (κ2) is 8.16. The Morgan fingerprint density at radius 3 is 2.63 bits per heavy atom. The first-order valence-corrected chi connectivity index (χ1v) is 7.01. The summed E-state index contributed by atoms with van der Waals surface area (Å²) in [6.45, 7) is 1.70. The number of hydrogen-bond acceptors (Lipinski definition) is 5. The van der Waals surface area contributed by atoms with E-state index >= 15 is 0 Å². The molecule has 3 amide bonds. The van der Waals surface area contributed by atoms with E-state index in [9.17, 15) is 14.4 Å². The Kier molecular flexibility index (Phi) is 6.86. The van der Waals surface area contributed by atoms with Crippen molar-refractivity contribution in [3.63, 3.8) is 0 Å². The molecule has 2 N–H and O–H groups in total. The van der Waals surface area contributed by atoms with Gasteiger partial charge in [0.25, 0.3) is 0 Å². The van der Waals surface area contributed by atoms with Crippen molar-refractivity contribution in [3.8, 4) is 0 Å². The van der Waals surface area contributed by atoms with Crippen molar-refractivity contribution in [3.05, 3.63) is 0 Å². The van der Waals surface area contributed by atoms with Gasteiger partial charge in [0.1, 0.15) is 0 Å². The Bertz CT molecular complexity index is 349. The van der Waals surface area contributed by atoms with E-state index in [2.05, 4.69) is 23.3 Å². The van der Waals surface area contributed by atoms with E-state index in [1.807, 2.05) is 7.05 Å². The van der Waals surface area contributed by atoms with Crippen LogP contribution in [0.2, 0.25) is 0 Å². The summed E-state index contributed by atoms with van der Waals surface area (Å²) >= 11 is 4.02. The van der Waals surface area contributed by atoms with Gasteiger partial charge in [-0.15, -0.1) is 0 Å². The van der Waals surface area contributed by atoms with E-state index in [1.165, 1.54) is 0 Å². The number of nitrogens with one attached hydrogen (secondary N) is 2. The third kappa shape index (κ3) is 5.20. The zero-order valence-electron chi connectivity index (χ0n) is 11.1. The summed E-state index contributed by atoms with van der Waals surface area (Å²) in [6.07, 6.45) is 2.20. The molecule has 1 saturated heterocycles. The second-order valence-electron chi connectivity index (χ2n) is 4.51. The molecule has 0 aromatic carbocycles. The maximum absolute atomic E-state index is 11.6. The summed E-state index contributed by atoms with van der Waals surface area (Å²) in [5.41, 5.74) is 0. The lowest BCUT2D eigenvalue weighted by atomic mass is 10.3. The van der Waals surface area contributed by atoms with E-state index < -0.39 is 5.25 Å². The summed E-state index contributed by atoms with van der Waals surface area (Å²) in [5, 5.41) is 5.26. The van der Waals surface area contributed by atoms with Crippen molar-refractivity contribution < 1.29 is 14.4 Å². The highest BCUT2D eigenvalue weighted by atomic mass is 32.1. The van der Waals surface area contributed by atoms with Gasteiger partial charge in [-0.1, -0.05) is 0 Å². The summed E-state index contributed by atoms with van der Waals surface area (Å²) in [5.74, 6) is -0.672. The molecule has 0 saturated carbocycles. The molecule has 0 aromatic rings. The summed E-state index contributed by atoms with van der Waals surface area (Å²) in [4.78, 5) is 35.7. The molecule has 0 aliphatic carbocycles. The fourth-order valence-electron chi connectivity index (χ4n) is 1.86. The van der Waals surface area contributed by atoms with Gasteiger partial charge in [0.2, 0.25) is 17.7 Å². The van der Waals surface area contributed by atoms with Crippen LogP contribution in [0.4, 0.5) is 0 Å². The number of hydrogen-bond donors (Lipinski definition) is 3. The fraction of sp³-hybridized carbons (Fsp3) is 0.750. The quantitative estimate of drug-likeness (QED) is 0.321. The lowest BCUT2D eigenvalue weighted by molar-refractivity contribution is -0.138. The predicted octanol–water partition coefficient (Wildman–Crippen LogP) is -0.450. The molecule has 1 rings (SSSR count). The molecule has 19 heavy (non-hydrogen) atoms. The maximum atomic E-state index is 11.6. The fourth-order valence-corrected chi connectivity index (χ4v) is 2.15. The normalized spacial score (nSPS) is 19.1. The Hall–Kier alpha value is -1.08. The van der Waals surface area contributed by atoms with Crippen LogP contribution in [0.25, 0.3) is 0 Å². The number of carbonyl (C=O) groups excluding carboxylic acids is 3. The molecule has 7 heteroatoms. The average Bonchev–Trinajstić information content (AvgIpc) is 2.61. The van der Waals surface area contributed by atoms with Crippen molar-refractivity contribution in [2.24, 2.45) is 0 Å².